The predicted molar refractivity (Wildman–Crippen MR) is 83.5 cm³/mol. The zero-order valence-corrected chi connectivity index (χ0v) is 13.8. The van der Waals surface area contributed by atoms with E-state index in [2.05, 4.69) is 15.9 Å². The van der Waals surface area contributed by atoms with Crippen LogP contribution < -0.4 is 0 Å². The van der Waals surface area contributed by atoms with Crippen molar-refractivity contribution < 1.29 is 14.3 Å². The molecule has 1 saturated heterocycles. The van der Waals surface area contributed by atoms with E-state index in [4.69, 9.17) is 4.74 Å². The fourth-order valence-electron chi connectivity index (χ4n) is 2.50. The Morgan fingerprint density at radius 2 is 2.14 bits per heavy atom. The number of nitrogens with zero attached hydrogens (tertiary/aromatic N) is 1. The molecule has 1 fully saturated rings. The summed E-state index contributed by atoms with van der Waals surface area (Å²) in [4.78, 5) is 25.7. The Balaban J connectivity index is 1.88. The van der Waals surface area contributed by atoms with Crippen LogP contribution in [-0.2, 0) is 20.9 Å². The summed E-state index contributed by atoms with van der Waals surface area (Å²) in [6.45, 7) is 3.35. The van der Waals surface area contributed by atoms with Crippen LogP contribution in [0.25, 0.3) is 0 Å². The first-order chi connectivity index (χ1) is 10.1. The minimum Gasteiger partial charge on any atom is -0.461 e. The van der Waals surface area contributed by atoms with Crippen LogP contribution in [0.5, 0.6) is 0 Å². The van der Waals surface area contributed by atoms with Crippen molar-refractivity contribution in [1.29, 1.82) is 0 Å². The Kier molecular flexibility index (Phi) is 5.79. The van der Waals surface area contributed by atoms with Crippen molar-refractivity contribution in [3.05, 3.63) is 34.3 Å². The fraction of sp³-hybridized carbons (Fsp3) is 0.500. The number of ether oxygens (including phenoxy) is 1. The van der Waals surface area contributed by atoms with Crippen LogP contribution >= 0.6 is 15.9 Å². The molecule has 1 atom stereocenters. The third-order valence-electron chi connectivity index (χ3n) is 3.74. The molecule has 1 aromatic carbocycles. The van der Waals surface area contributed by atoms with E-state index in [0.29, 0.717) is 13.0 Å². The van der Waals surface area contributed by atoms with E-state index in [9.17, 15) is 9.59 Å². The molecule has 5 heteroatoms. The molecule has 114 valence electrons. The minimum atomic E-state index is -0.209. The van der Waals surface area contributed by atoms with Crippen molar-refractivity contribution >= 4 is 27.8 Å². The average Bonchev–Trinajstić information content (AvgIpc) is 2.53. The van der Waals surface area contributed by atoms with Crippen molar-refractivity contribution in [1.82, 2.24) is 4.90 Å². The van der Waals surface area contributed by atoms with E-state index >= 15 is 0 Å². The van der Waals surface area contributed by atoms with Gasteiger partial charge in [-0.1, -0.05) is 41.1 Å². The van der Waals surface area contributed by atoms with Crippen LogP contribution in [0.4, 0.5) is 0 Å². The van der Waals surface area contributed by atoms with Gasteiger partial charge in [0.25, 0.3) is 0 Å². The normalized spacial score (nSPS) is 18.4. The van der Waals surface area contributed by atoms with Crippen molar-refractivity contribution in [2.75, 3.05) is 13.1 Å². The second-order valence-electron chi connectivity index (χ2n) is 5.23. The molecular weight excluding hydrogens is 334 g/mol. The molecule has 0 bridgehead atoms. The second kappa shape index (κ2) is 7.59. The highest BCUT2D eigenvalue weighted by molar-refractivity contribution is 9.10. The zero-order valence-electron chi connectivity index (χ0n) is 12.2. The Bertz CT molecular complexity index is 518. The Morgan fingerprint density at radius 1 is 1.38 bits per heavy atom. The van der Waals surface area contributed by atoms with E-state index in [1.807, 2.05) is 31.2 Å². The molecule has 21 heavy (non-hydrogen) atoms. The monoisotopic (exact) mass is 353 g/mol. The number of carbonyl (C=O) groups is 2. The Morgan fingerprint density at radius 3 is 2.86 bits per heavy atom. The number of carbonyl (C=O) groups excluding carboxylic acids is 2. The number of rotatable bonds is 4. The summed E-state index contributed by atoms with van der Waals surface area (Å²) in [6.07, 6.45) is 2.14. The summed E-state index contributed by atoms with van der Waals surface area (Å²) in [6, 6.07) is 7.68. The Labute approximate surface area is 133 Å². The van der Waals surface area contributed by atoms with Crippen molar-refractivity contribution in [3.8, 4) is 0 Å². The summed E-state index contributed by atoms with van der Waals surface area (Å²) in [5.74, 6) is -0.297. The molecular formula is C16H20BrNO3. The highest BCUT2D eigenvalue weighted by Gasteiger charge is 2.28. The van der Waals surface area contributed by atoms with Gasteiger partial charge < -0.3 is 9.64 Å². The SMILES string of the molecule is CCC(=O)N1CCCC(C(=O)OCc2ccccc2Br)C1. The van der Waals surface area contributed by atoms with E-state index in [-0.39, 0.29) is 24.4 Å². The van der Waals surface area contributed by atoms with Crippen LogP contribution in [-0.4, -0.2) is 29.9 Å². The number of piperidine rings is 1. The first kappa shape index (κ1) is 16.0. The van der Waals surface area contributed by atoms with E-state index in [1.54, 1.807) is 4.90 Å². The van der Waals surface area contributed by atoms with Gasteiger partial charge in [0, 0.05) is 29.5 Å². The zero-order chi connectivity index (χ0) is 15.2. The molecule has 4 nitrogen and oxygen atoms in total. The highest BCUT2D eigenvalue weighted by Crippen LogP contribution is 2.21. The lowest BCUT2D eigenvalue weighted by Crippen LogP contribution is -2.42. The maximum absolute atomic E-state index is 12.2. The molecule has 2 rings (SSSR count). The number of benzene rings is 1. The molecule has 1 aromatic rings. The van der Waals surface area contributed by atoms with Crippen molar-refractivity contribution in [3.63, 3.8) is 0 Å². The lowest BCUT2D eigenvalue weighted by atomic mass is 9.98. The highest BCUT2D eigenvalue weighted by atomic mass is 79.9. The molecule has 1 unspecified atom stereocenters. The Hall–Kier alpha value is -1.36. The average molecular weight is 354 g/mol. The summed E-state index contributed by atoms with van der Waals surface area (Å²) in [7, 11) is 0. The topological polar surface area (TPSA) is 46.6 Å². The molecule has 0 saturated carbocycles. The first-order valence-corrected chi connectivity index (χ1v) is 8.09. The maximum atomic E-state index is 12.2. The second-order valence-corrected chi connectivity index (χ2v) is 6.09. The van der Waals surface area contributed by atoms with Gasteiger partial charge in [0.15, 0.2) is 0 Å². The molecule has 1 aliphatic rings. The molecule has 0 radical (unpaired) electrons. The predicted octanol–water partition coefficient (Wildman–Crippen LogP) is 3.14. The first-order valence-electron chi connectivity index (χ1n) is 7.29. The van der Waals surface area contributed by atoms with E-state index in [0.717, 1.165) is 29.4 Å². The van der Waals surface area contributed by atoms with Crippen molar-refractivity contribution in [2.45, 2.75) is 32.8 Å². The number of esters is 1. The van der Waals surface area contributed by atoms with Gasteiger partial charge in [0.2, 0.25) is 5.91 Å². The number of amides is 1. The van der Waals surface area contributed by atoms with Gasteiger partial charge in [-0.15, -0.1) is 0 Å². The van der Waals surface area contributed by atoms with Crippen molar-refractivity contribution in [2.24, 2.45) is 5.92 Å². The third-order valence-corrected chi connectivity index (χ3v) is 4.51. The maximum Gasteiger partial charge on any atom is 0.311 e. The lowest BCUT2D eigenvalue weighted by Gasteiger charge is -2.31. The molecule has 1 heterocycles. The molecule has 0 aromatic heterocycles. The number of halogens is 1. The van der Waals surface area contributed by atoms with Gasteiger partial charge in [-0.05, 0) is 18.9 Å². The van der Waals surface area contributed by atoms with Crippen LogP contribution in [0.15, 0.2) is 28.7 Å². The smallest absolute Gasteiger partial charge is 0.311 e. The third kappa shape index (κ3) is 4.30. The largest absolute Gasteiger partial charge is 0.461 e. The number of likely N-dealkylation sites (tertiary alicyclic amines) is 1. The van der Waals surface area contributed by atoms with Gasteiger partial charge in [0.05, 0.1) is 5.92 Å². The van der Waals surface area contributed by atoms with Crippen LogP contribution in [0.3, 0.4) is 0 Å². The molecule has 0 aliphatic carbocycles. The van der Waals surface area contributed by atoms with Gasteiger partial charge in [-0.25, -0.2) is 0 Å². The van der Waals surface area contributed by atoms with E-state index in [1.165, 1.54) is 0 Å². The molecule has 1 aliphatic heterocycles. The summed E-state index contributed by atoms with van der Waals surface area (Å²) >= 11 is 3.44. The number of hydrogen-bond acceptors (Lipinski definition) is 3. The van der Waals surface area contributed by atoms with Gasteiger partial charge in [0.1, 0.15) is 6.61 Å². The molecule has 0 spiro atoms. The van der Waals surface area contributed by atoms with Crippen LogP contribution in [0.2, 0.25) is 0 Å². The number of hydrogen-bond donors (Lipinski definition) is 0. The van der Waals surface area contributed by atoms with Crippen LogP contribution in [0.1, 0.15) is 31.7 Å². The summed E-state index contributed by atoms with van der Waals surface area (Å²) in [5.41, 5.74) is 0.947. The quantitative estimate of drug-likeness (QED) is 0.781. The molecule has 1 amide bonds. The summed E-state index contributed by atoms with van der Waals surface area (Å²) < 4.78 is 6.34. The van der Waals surface area contributed by atoms with Gasteiger partial charge in [-0.3, -0.25) is 9.59 Å². The fourth-order valence-corrected chi connectivity index (χ4v) is 2.90. The molecule has 0 N–H and O–H groups in total. The van der Waals surface area contributed by atoms with Gasteiger partial charge in [-0.2, -0.15) is 0 Å². The standard InChI is InChI=1S/C16H20BrNO3/c1-2-15(19)18-9-5-7-12(10-18)16(20)21-11-13-6-3-4-8-14(13)17/h3-4,6,8,12H,2,5,7,9-11H2,1H3. The van der Waals surface area contributed by atoms with Crippen LogP contribution in [0, 0.1) is 5.92 Å². The summed E-state index contributed by atoms with van der Waals surface area (Å²) in [5, 5.41) is 0. The minimum absolute atomic E-state index is 0.110. The van der Waals surface area contributed by atoms with E-state index < -0.39 is 0 Å². The lowest BCUT2D eigenvalue weighted by molar-refractivity contribution is -0.153. The van der Waals surface area contributed by atoms with Gasteiger partial charge >= 0.3 is 5.97 Å².